The number of halogens is 1. The minimum Gasteiger partial charge on any atom is -0.340 e. The van der Waals surface area contributed by atoms with Crippen molar-refractivity contribution in [1.29, 1.82) is 0 Å². The average molecular weight is 402 g/mol. The highest BCUT2D eigenvalue weighted by atomic mass is 35.5. The Morgan fingerprint density at radius 3 is 2.33 bits per heavy atom. The number of anilines is 2. The molecule has 2 aliphatic rings. The molecule has 4 rings (SSSR count). The minimum atomic E-state index is 0.811. The Hall–Kier alpha value is -1.20. The van der Waals surface area contributed by atoms with E-state index in [1.165, 1.54) is 73.3 Å². The molecule has 3 nitrogen and oxygen atoms in total. The largest absolute Gasteiger partial charge is 0.340 e. The second-order valence-corrected chi connectivity index (χ2v) is 8.89. The van der Waals surface area contributed by atoms with Crippen LogP contribution in [0.3, 0.4) is 0 Å². The Kier molecular flexibility index (Phi) is 6.28. The number of benzene rings is 2. The molecule has 0 bridgehead atoms. The van der Waals surface area contributed by atoms with E-state index in [-0.39, 0.29) is 0 Å². The van der Waals surface area contributed by atoms with E-state index in [2.05, 4.69) is 58.0 Å². The summed E-state index contributed by atoms with van der Waals surface area (Å²) >= 11 is 8.16. The maximum absolute atomic E-state index is 6.32. The molecule has 2 aromatic carbocycles. The van der Waals surface area contributed by atoms with Crippen LogP contribution in [0.15, 0.2) is 52.3 Å². The van der Waals surface area contributed by atoms with Gasteiger partial charge in [0.05, 0.1) is 11.4 Å². The van der Waals surface area contributed by atoms with E-state index in [0.717, 1.165) is 11.6 Å². The second-order valence-electron chi connectivity index (χ2n) is 7.37. The standard InChI is InChI=1S/C22H28ClN3S/c1-2-10-24-13-15-25(16-14-24)11-5-12-26-19-6-3-4-7-21(19)27-22-9-8-18(23)17-20(22)26/h3-4,6-9,17H,2,5,10-16H2,1H3. The zero-order chi connectivity index (χ0) is 18.6. The van der Waals surface area contributed by atoms with Gasteiger partial charge in [-0.05, 0) is 56.3 Å². The SMILES string of the molecule is CCCN1CCN(CCCN2c3ccccc3Sc3ccc(Cl)cc32)CC1. The molecule has 2 aliphatic heterocycles. The lowest BCUT2D eigenvalue weighted by atomic mass is 10.2. The van der Waals surface area contributed by atoms with E-state index in [4.69, 9.17) is 11.6 Å². The van der Waals surface area contributed by atoms with Crippen LogP contribution in [-0.4, -0.2) is 55.6 Å². The summed E-state index contributed by atoms with van der Waals surface area (Å²) in [5.74, 6) is 0. The van der Waals surface area contributed by atoms with Gasteiger partial charge in [-0.3, -0.25) is 0 Å². The van der Waals surface area contributed by atoms with Crippen LogP contribution in [-0.2, 0) is 0 Å². The van der Waals surface area contributed by atoms with Crippen LogP contribution in [0.5, 0.6) is 0 Å². The van der Waals surface area contributed by atoms with Gasteiger partial charge >= 0.3 is 0 Å². The topological polar surface area (TPSA) is 9.72 Å². The highest BCUT2D eigenvalue weighted by Gasteiger charge is 2.23. The first-order valence-corrected chi connectivity index (χ1v) is 11.2. The van der Waals surface area contributed by atoms with Crippen molar-refractivity contribution in [3.8, 4) is 0 Å². The Bertz CT molecular complexity index is 774. The molecule has 0 N–H and O–H groups in total. The lowest BCUT2D eigenvalue weighted by Crippen LogP contribution is -2.47. The van der Waals surface area contributed by atoms with Crippen molar-refractivity contribution in [3.63, 3.8) is 0 Å². The van der Waals surface area contributed by atoms with Crippen molar-refractivity contribution >= 4 is 34.7 Å². The van der Waals surface area contributed by atoms with Crippen LogP contribution < -0.4 is 4.90 Å². The first kappa shape index (κ1) is 19.1. The summed E-state index contributed by atoms with van der Waals surface area (Å²) in [6.07, 6.45) is 2.42. The van der Waals surface area contributed by atoms with Crippen molar-refractivity contribution in [2.24, 2.45) is 0 Å². The number of nitrogens with zero attached hydrogens (tertiary/aromatic N) is 3. The molecule has 2 heterocycles. The molecule has 0 amide bonds. The first-order valence-electron chi connectivity index (χ1n) is 10.0. The summed E-state index contributed by atoms with van der Waals surface area (Å²) in [6, 6.07) is 15.0. The number of rotatable bonds is 6. The summed E-state index contributed by atoms with van der Waals surface area (Å²) in [6.45, 7) is 10.6. The molecule has 0 unspecified atom stereocenters. The van der Waals surface area contributed by atoms with Crippen LogP contribution in [0, 0.1) is 0 Å². The summed E-state index contributed by atoms with van der Waals surface area (Å²) in [4.78, 5) is 10.3. The molecular weight excluding hydrogens is 374 g/mol. The molecular formula is C22H28ClN3S. The van der Waals surface area contributed by atoms with Gasteiger partial charge in [-0.1, -0.05) is 42.4 Å². The van der Waals surface area contributed by atoms with Gasteiger partial charge in [-0.25, -0.2) is 0 Å². The van der Waals surface area contributed by atoms with Crippen molar-refractivity contribution in [2.45, 2.75) is 29.6 Å². The number of para-hydroxylation sites is 1. The third-order valence-corrected chi connectivity index (χ3v) is 6.81. The van der Waals surface area contributed by atoms with Crippen molar-refractivity contribution in [1.82, 2.24) is 9.80 Å². The predicted octanol–water partition coefficient (Wildman–Crippen LogP) is 5.36. The van der Waals surface area contributed by atoms with Gasteiger partial charge in [0.25, 0.3) is 0 Å². The molecule has 5 heteroatoms. The number of fused-ring (bicyclic) bond motifs is 2. The maximum atomic E-state index is 6.32. The Labute approximate surface area is 172 Å². The highest BCUT2D eigenvalue weighted by Crippen LogP contribution is 2.48. The normalized spacial score (nSPS) is 17.6. The average Bonchev–Trinajstić information content (AvgIpc) is 2.69. The van der Waals surface area contributed by atoms with Gasteiger partial charge < -0.3 is 14.7 Å². The van der Waals surface area contributed by atoms with Crippen molar-refractivity contribution in [3.05, 3.63) is 47.5 Å². The summed E-state index contributed by atoms with van der Waals surface area (Å²) in [5.41, 5.74) is 2.56. The zero-order valence-electron chi connectivity index (χ0n) is 16.0. The molecule has 2 aromatic rings. The predicted molar refractivity (Wildman–Crippen MR) is 117 cm³/mol. The van der Waals surface area contributed by atoms with Crippen molar-refractivity contribution < 1.29 is 0 Å². The van der Waals surface area contributed by atoms with Crippen LogP contribution >= 0.6 is 23.4 Å². The van der Waals surface area contributed by atoms with Crippen LogP contribution in [0.25, 0.3) is 0 Å². The smallest absolute Gasteiger partial charge is 0.0567 e. The number of hydrogen-bond acceptors (Lipinski definition) is 4. The molecule has 0 aliphatic carbocycles. The van der Waals surface area contributed by atoms with Crippen molar-refractivity contribution in [2.75, 3.05) is 50.7 Å². The van der Waals surface area contributed by atoms with Gasteiger partial charge in [0.15, 0.2) is 0 Å². The van der Waals surface area contributed by atoms with E-state index in [1.54, 1.807) is 0 Å². The van der Waals surface area contributed by atoms with Gasteiger partial charge in [-0.15, -0.1) is 0 Å². The quantitative estimate of drug-likeness (QED) is 0.644. The lowest BCUT2D eigenvalue weighted by molar-refractivity contribution is 0.132. The molecule has 0 spiro atoms. The fourth-order valence-electron chi connectivity index (χ4n) is 4.05. The fourth-order valence-corrected chi connectivity index (χ4v) is 5.29. The number of piperazine rings is 1. The van der Waals surface area contributed by atoms with E-state index in [0.29, 0.717) is 0 Å². The first-order chi connectivity index (χ1) is 13.2. The summed E-state index contributed by atoms with van der Waals surface area (Å²) in [5, 5.41) is 0.811. The molecule has 1 fully saturated rings. The summed E-state index contributed by atoms with van der Waals surface area (Å²) in [7, 11) is 0. The van der Waals surface area contributed by atoms with E-state index in [9.17, 15) is 0 Å². The Morgan fingerprint density at radius 1 is 0.852 bits per heavy atom. The van der Waals surface area contributed by atoms with Gasteiger partial charge in [0.1, 0.15) is 0 Å². The molecule has 0 saturated carbocycles. The molecule has 0 atom stereocenters. The second kappa shape index (κ2) is 8.87. The Balaban J connectivity index is 1.41. The maximum Gasteiger partial charge on any atom is 0.0567 e. The fraction of sp³-hybridized carbons (Fsp3) is 0.455. The van der Waals surface area contributed by atoms with E-state index in [1.807, 2.05) is 17.8 Å². The lowest BCUT2D eigenvalue weighted by Gasteiger charge is -2.36. The van der Waals surface area contributed by atoms with Crippen LogP contribution in [0.2, 0.25) is 5.02 Å². The monoisotopic (exact) mass is 401 g/mol. The van der Waals surface area contributed by atoms with Gasteiger partial charge in [0, 0.05) is 47.5 Å². The minimum absolute atomic E-state index is 0.811. The van der Waals surface area contributed by atoms with Gasteiger partial charge in [-0.2, -0.15) is 0 Å². The third kappa shape index (κ3) is 4.45. The Morgan fingerprint density at radius 2 is 1.56 bits per heavy atom. The highest BCUT2D eigenvalue weighted by molar-refractivity contribution is 7.99. The molecule has 0 radical (unpaired) electrons. The van der Waals surface area contributed by atoms with E-state index < -0.39 is 0 Å². The molecule has 1 saturated heterocycles. The number of hydrogen-bond donors (Lipinski definition) is 0. The van der Waals surface area contributed by atoms with Crippen LogP contribution in [0.4, 0.5) is 11.4 Å². The summed E-state index contributed by atoms with van der Waals surface area (Å²) < 4.78 is 0. The van der Waals surface area contributed by atoms with E-state index >= 15 is 0 Å². The zero-order valence-corrected chi connectivity index (χ0v) is 17.6. The molecule has 144 valence electrons. The third-order valence-electron chi connectivity index (χ3n) is 5.45. The van der Waals surface area contributed by atoms with Gasteiger partial charge in [0.2, 0.25) is 0 Å². The van der Waals surface area contributed by atoms with Crippen LogP contribution in [0.1, 0.15) is 19.8 Å². The molecule has 0 aromatic heterocycles. The molecule has 27 heavy (non-hydrogen) atoms.